The molecule has 0 fully saturated rings. The number of aryl methyl sites for hydroxylation is 1. The lowest BCUT2D eigenvalue weighted by Crippen LogP contribution is -2.04. The van der Waals surface area contributed by atoms with Gasteiger partial charge in [0.1, 0.15) is 11.3 Å². The first-order chi connectivity index (χ1) is 9.69. The minimum atomic E-state index is 0.551. The van der Waals surface area contributed by atoms with Gasteiger partial charge in [0.25, 0.3) is 0 Å². The van der Waals surface area contributed by atoms with Gasteiger partial charge < -0.3 is 4.57 Å². The summed E-state index contributed by atoms with van der Waals surface area (Å²) in [6, 6.07) is 10.1. The predicted octanol–water partition coefficient (Wildman–Crippen LogP) is 5.34. The van der Waals surface area contributed by atoms with Crippen LogP contribution in [-0.4, -0.2) is 15.4 Å². The minimum Gasteiger partial charge on any atom is -0.323 e. The van der Waals surface area contributed by atoms with Crippen molar-refractivity contribution in [2.45, 2.75) is 13.0 Å². The van der Waals surface area contributed by atoms with Crippen LogP contribution in [0.4, 0.5) is 0 Å². The van der Waals surface area contributed by atoms with Crippen molar-refractivity contribution in [3.8, 4) is 0 Å². The summed E-state index contributed by atoms with van der Waals surface area (Å²) >= 11 is 17.4. The Labute approximate surface area is 139 Å². The normalized spacial score (nSPS) is 11.3. The van der Waals surface area contributed by atoms with E-state index in [9.17, 15) is 0 Å². The lowest BCUT2D eigenvalue weighted by Gasteiger charge is -2.06. The Bertz CT molecular complexity index is 751. The highest BCUT2D eigenvalue weighted by Gasteiger charge is 2.13. The number of nitrogens with zero attached hydrogens (tertiary/aromatic N) is 2. The highest BCUT2D eigenvalue weighted by atomic mass is 79.9. The second kappa shape index (κ2) is 6.06. The first kappa shape index (κ1) is 14.4. The van der Waals surface area contributed by atoms with Gasteiger partial charge in [0.15, 0.2) is 0 Å². The third kappa shape index (κ3) is 2.75. The Hall–Kier alpha value is -0.550. The summed E-state index contributed by atoms with van der Waals surface area (Å²) in [4.78, 5) is 5.91. The molecule has 2 nitrogen and oxygen atoms in total. The molecule has 1 aromatic carbocycles. The Morgan fingerprint density at radius 3 is 2.80 bits per heavy atom. The fourth-order valence-corrected chi connectivity index (χ4v) is 4.06. The number of aromatic nitrogens is 2. The van der Waals surface area contributed by atoms with Gasteiger partial charge in [-0.25, -0.2) is 4.98 Å². The zero-order valence-electron chi connectivity index (χ0n) is 10.4. The molecule has 0 N–H and O–H groups in total. The van der Waals surface area contributed by atoms with Crippen LogP contribution < -0.4 is 0 Å². The lowest BCUT2D eigenvalue weighted by atomic mass is 10.3. The third-order valence-corrected chi connectivity index (χ3v) is 5.17. The molecule has 6 heteroatoms. The van der Waals surface area contributed by atoms with E-state index in [0.29, 0.717) is 10.9 Å². The second-order valence-corrected chi connectivity index (χ2v) is 7.70. The molecule has 0 bridgehead atoms. The van der Waals surface area contributed by atoms with Crippen LogP contribution >= 0.6 is 50.5 Å². The molecule has 0 saturated heterocycles. The Kier molecular flexibility index (Phi) is 4.36. The summed E-state index contributed by atoms with van der Waals surface area (Å²) < 4.78 is 3.33. The molecule has 2 aromatic heterocycles. The summed E-state index contributed by atoms with van der Waals surface area (Å²) in [5.41, 5.74) is 1.91. The van der Waals surface area contributed by atoms with Gasteiger partial charge in [0.2, 0.25) is 0 Å². The molecule has 0 saturated carbocycles. The fourth-order valence-electron chi connectivity index (χ4n) is 2.21. The smallest absolute Gasteiger partial charge is 0.111 e. The highest BCUT2D eigenvalue weighted by Crippen LogP contribution is 2.28. The molecular formula is C14H11BrCl2N2S. The Morgan fingerprint density at radius 1 is 1.25 bits per heavy atom. The summed E-state index contributed by atoms with van der Waals surface area (Å²) in [6.45, 7) is 0.791. The fraction of sp³-hybridized carbons (Fsp3) is 0.214. The molecule has 20 heavy (non-hydrogen) atoms. The van der Waals surface area contributed by atoms with Crippen LogP contribution in [0.1, 0.15) is 10.7 Å². The lowest BCUT2D eigenvalue weighted by molar-refractivity contribution is 0.763. The van der Waals surface area contributed by atoms with E-state index in [2.05, 4.69) is 43.7 Å². The van der Waals surface area contributed by atoms with E-state index in [4.69, 9.17) is 23.2 Å². The van der Waals surface area contributed by atoms with E-state index < -0.39 is 0 Å². The molecule has 0 unspecified atom stereocenters. The number of rotatable bonds is 4. The Morgan fingerprint density at radius 2 is 2.10 bits per heavy atom. The quantitative estimate of drug-likeness (QED) is 0.550. The molecule has 0 amide bonds. The van der Waals surface area contributed by atoms with Crippen molar-refractivity contribution in [1.82, 2.24) is 9.55 Å². The highest BCUT2D eigenvalue weighted by molar-refractivity contribution is 9.11. The minimum absolute atomic E-state index is 0.551. The number of para-hydroxylation sites is 1. The molecule has 0 radical (unpaired) electrons. The van der Waals surface area contributed by atoms with Gasteiger partial charge >= 0.3 is 0 Å². The van der Waals surface area contributed by atoms with Gasteiger partial charge in [-0.3, -0.25) is 0 Å². The average Bonchev–Trinajstić information content (AvgIpc) is 2.97. The van der Waals surface area contributed by atoms with Crippen molar-refractivity contribution < 1.29 is 0 Å². The Balaban J connectivity index is 2.11. The van der Waals surface area contributed by atoms with Gasteiger partial charge in [-0.05, 0) is 40.2 Å². The van der Waals surface area contributed by atoms with Crippen molar-refractivity contribution in [3.05, 3.63) is 49.8 Å². The second-order valence-electron chi connectivity index (χ2n) is 4.37. The van der Waals surface area contributed by atoms with Crippen molar-refractivity contribution >= 4 is 61.5 Å². The maximum atomic E-state index is 6.24. The van der Waals surface area contributed by atoms with Crippen LogP contribution in [-0.2, 0) is 13.0 Å². The van der Waals surface area contributed by atoms with Gasteiger partial charge in [-0.1, -0.05) is 17.7 Å². The van der Waals surface area contributed by atoms with E-state index in [1.165, 1.54) is 4.88 Å². The SMILES string of the molecule is ClCCc1nc2c(Cl)cccc2n1Cc1ccc(Br)s1. The number of hydrogen-bond acceptors (Lipinski definition) is 2. The van der Waals surface area contributed by atoms with E-state index >= 15 is 0 Å². The van der Waals surface area contributed by atoms with E-state index in [1.807, 2.05) is 12.1 Å². The predicted molar refractivity (Wildman–Crippen MR) is 90.3 cm³/mol. The topological polar surface area (TPSA) is 17.8 Å². The molecule has 0 aliphatic carbocycles. The van der Waals surface area contributed by atoms with Gasteiger partial charge in [0, 0.05) is 17.2 Å². The van der Waals surface area contributed by atoms with Crippen molar-refractivity contribution in [1.29, 1.82) is 0 Å². The molecule has 0 aliphatic rings. The van der Waals surface area contributed by atoms with Crippen LogP contribution in [0.2, 0.25) is 5.02 Å². The largest absolute Gasteiger partial charge is 0.323 e. The number of thiophene rings is 1. The van der Waals surface area contributed by atoms with Crippen LogP contribution in [0.3, 0.4) is 0 Å². The molecule has 104 valence electrons. The standard InChI is InChI=1S/C14H11BrCl2N2S/c15-12-5-4-9(20-12)8-19-11-3-1-2-10(17)14(11)18-13(19)6-7-16/h1-5H,6-8H2. The van der Waals surface area contributed by atoms with Crippen molar-refractivity contribution in [2.75, 3.05) is 5.88 Å². The molecular weight excluding hydrogens is 379 g/mol. The summed E-state index contributed by atoms with van der Waals surface area (Å²) in [5, 5.41) is 0.685. The van der Waals surface area contributed by atoms with Gasteiger partial charge in [-0.15, -0.1) is 22.9 Å². The molecule has 3 aromatic rings. The maximum absolute atomic E-state index is 6.24. The molecule has 2 heterocycles. The van der Waals surface area contributed by atoms with Crippen LogP contribution in [0.15, 0.2) is 34.1 Å². The number of imidazole rings is 1. The molecule has 3 rings (SSSR count). The first-order valence-electron chi connectivity index (χ1n) is 6.13. The van der Waals surface area contributed by atoms with E-state index in [1.54, 1.807) is 11.3 Å². The van der Waals surface area contributed by atoms with E-state index in [0.717, 1.165) is 33.6 Å². The zero-order chi connectivity index (χ0) is 14.1. The van der Waals surface area contributed by atoms with Crippen molar-refractivity contribution in [2.24, 2.45) is 0 Å². The average molecular weight is 390 g/mol. The number of fused-ring (bicyclic) bond motifs is 1. The van der Waals surface area contributed by atoms with Crippen molar-refractivity contribution in [3.63, 3.8) is 0 Å². The third-order valence-electron chi connectivity index (χ3n) is 3.07. The summed E-state index contributed by atoms with van der Waals surface area (Å²) in [6.07, 6.45) is 0.735. The van der Waals surface area contributed by atoms with Crippen LogP contribution in [0, 0.1) is 0 Å². The molecule has 0 aliphatic heterocycles. The van der Waals surface area contributed by atoms with Gasteiger partial charge in [-0.2, -0.15) is 0 Å². The van der Waals surface area contributed by atoms with Crippen LogP contribution in [0.25, 0.3) is 11.0 Å². The number of halogens is 3. The maximum Gasteiger partial charge on any atom is 0.111 e. The van der Waals surface area contributed by atoms with Gasteiger partial charge in [0.05, 0.1) is 20.9 Å². The monoisotopic (exact) mass is 388 g/mol. The summed E-state index contributed by atoms with van der Waals surface area (Å²) in [5.74, 6) is 1.53. The number of benzene rings is 1. The first-order valence-corrected chi connectivity index (χ1v) is 8.65. The van der Waals surface area contributed by atoms with E-state index in [-0.39, 0.29) is 0 Å². The van der Waals surface area contributed by atoms with Crippen LogP contribution in [0.5, 0.6) is 0 Å². The zero-order valence-corrected chi connectivity index (χ0v) is 14.4. The molecule has 0 spiro atoms. The summed E-state index contributed by atoms with van der Waals surface area (Å²) in [7, 11) is 0. The molecule has 0 atom stereocenters. The number of hydrogen-bond donors (Lipinski definition) is 0. The number of alkyl halides is 1.